The van der Waals surface area contributed by atoms with Crippen molar-refractivity contribution in [3.8, 4) is 11.5 Å². The Labute approximate surface area is 194 Å². The van der Waals surface area contributed by atoms with E-state index in [1.807, 2.05) is 4.57 Å². The summed E-state index contributed by atoms with van der Waals surface area (Å²) < 4.78 is 41.2. The van der Waals surface area contributed by atoms with Crippen LogP contribution in [0.15, 0.2) is 51.5 Å². The largest absolute Gasteiger partial charge is 0.495 e. The molecular formula is C21H23N3O5S3. The Balaban J connectivity index is 1.81. The molecule has 2 aromatic heterocycles. The molecule has 170 valence electrons. The minimum atomic E-state index is -3.74. The van der Waals surface area contributed by atoms with Gasteiger partial charge >= 0.3 is 0 Å². The zero-order valence-corrected chi connectivity index (χ0v) is 20.1. The highest BCUT2D eigenvalue weighted by Crippen LogP contribution is 2.35. The molecule has 0 spiro atoms. The number of fused-ring (bicyclic) bond motifs is 1. The van der Waals surface area contributed by atoms with Crippen molar-refractivity contribution in [3.05, 3.63) is 47.1 Å². The average molecular weight is 494 g/mol. The quantitative estimate of drug-likeness (QED) is 0.472. The molecule has 3 aromatic rings. The van der Waals surface area contributed by atoms with Crippen molar-refractivity contribution in [2.45, 2.75) is 29.6 Å². The van der Waals surface area contributed by atoms with Gasteiger partial charge < -0.3 is 14.0 Å². The van der Waals surface area contributed by atoms with E-state index >= 15 is 0 Å². The maximum atomic E-state index is 13.2. The van der Waals surface area contributed by atoms with Crippen molar-refractivity contribution < 1.29 is 22.7 Å². The van der Waals surface area contributed by atoms with Crippen molar-refractivity contribution in [1.82, 2.24) is 8.87 Å². The molecule has 32 heavy (non-hydrogen) atoms. The lowest BCUT2D eigenvalue weighted by Gasteiger charge is -2.20. The van der Waals surface area contributed by atoms with Crippen LogP contribution >= 0.6 is 22.7 Å². The molecule has 0 saturated carbocycles. The van der Waals surface area contributed by atoms with Gasteiger partial charge in [0.05, 0.1) is 14.2 Å². The van der Waals surface area contributed by atoms with Crippen LogP contribution < -0.4 is 14.3 Å². The molecule has 1 unspecified atom stereocenters. The van der Waals surface area contributed by atoms with Crippen LogP contribution in [-0.4, -0.2) is 50.0 Å². The topological polar surface area (TPSA) is 90.2 Å². The maximum absolute atomic E-state index is 13.2. The molecule has 1 fully saturated rings. The number of carbonyl (C=O) groups is 1. The molecule has 0 bridgehead atoms. The van der Waals surface area contributed by atoms with Crippen molar-refractivity contribution in [1.29, 1.82) is 0 Å². The molecule has 0 aliphatic carbocycles. The number of nitrogens with zero attached hydrogens (tertiary/aromatic N) is 3. The lowest BCUT2D eigenvalue weighted by atomic mass is 10.2. The van der Waals surface area contributed by atoms with Gasteiger partial charge in [0.1, 0.15) is 32.0 Å². The highest BCUT2D eigenvalue weighted by Gasteiger charge is 2.40. The lowest BCUT2D eigenvalue weighted by Crippen LogP contribution is -2.40. The van der Waals surface area contributed by atoms with Gasteiger partial charge in [0.2, 0.25) is 0 Å². The second-order valence-corrected chi connectivity index (χ2v) is 11.1. The van der Waals surface area contributed by atoms with Crippen LogP contribution in [0.25, 0.3) is 10.2 Å². The number of ether oxygens (including phenoxy) is 2. The number of aromatic nitrogens is 1. The van der Waals surface area contributed by atoms with E-state index in [-0.39, 0.29) is 4.21 Å². The van der Waals surface area contributed by atoms with Crippen molar-refractivity contribution in [2.75, 3.05) is 20.8 Å². The van der Waals surface area contributed by atoms with Gasteiger partial charge in [-0.15, -0.1) is 17.9 Å². The first-order valence-corrected chi connectivity index (χ1v) is 13.0. The number of hydrogen-bond acceptors (Lipinski definition) is 7. The fourth-order valence-electron chi connectivity index (χ4n) is 3.81. The fourth-order valence-corrected chi connectivity index (χ4v) is 7.73. The Kier molecular flexibility index (Phi) is 6.52. The minimum absolute atomic E-state index is 0.232. The van der Waals surface area contributed by atoms with E-state index < -0.39 is 22.0 Å². The summed E-state index contributed by atoms with van der Waals surface area (Å²) in [4.78, 5) is 18.0. The molecule has 4 rings (SSSR count). The van der Waals surface area contributed by atoms with Crippen LogP contribution in [-0.2, 0) is 21.4 Å². The van der Waals surface area contributed by atoms with Gasteiger partial charge in [-0.3, -0.25) is 4.79 Å². The van der Waals surface area contributed by atoms with Crippen LogP contribution in [0.2, 0.25) is 0 Å². The number of thiazole rings is 1. The second-order valence-electron chi connectivity index (χ2n) is 7.09. The predicted octanol–water partition coefficient (Wildman–Crippen LogP) is 3.25. The maximum Gasteiger partial charge on any atom is 0.266 e. The molecule has 1 aliphatic heterocycles. The number of rotatable bonds is 7. The van der Waals surface area contributed by atoms with Crippen LogP contribution in [0, 0.1) is 0 Å². The molecular weight excluding hydrogens is 470 g/mol. The van der Waals surface area contributed by atoms with E-state index in [0.717, 1.165) is 21.6 Å². The Morgan fingerprint density at radius 3 is 2.69 bits per heavy atom. The number of allylic oxidation sites excluding steroid dienone is 1. The molecule has 1 atom stereocenters. The Morgan fingerprint density at radius 2 is 2.03 bits per heavy atom. The number of thiophene rings is 1. The standard InChI is InChI=1S/C21H23N3O5S3/c1-4-11-23-18-15(28-2)9-10-16(29-3)19(18)31-21(23)22-20(25)14-7-5-12-24(14)32(26,27)17-8-6-13-30-17/h4,6,8-10,13-14H,1,5,7,11-12H2,2-3H3. The molecule has 1 saturated heterocycles. The average Bonchev–Trinajstić information content (AvgIpc) is 3.54. The Hall–Kier alpha value is -2.47. The van der Waals surface area contributed by atoms with Crippen LogP contribution in [0.5, 0.6) is 11.5 Å². The number of amides is 1. The monoisotopic (exact) mass is 493 g/mol. The second kappa shape index (κ2) is 9.18. The molecule has 1 amide bonds. The highest BCUT2D eigenvalue weighted by molar-refractivity contribution is 7.91. The zero-order chi connectivity index (χ0) is 22.9. The predicted molar refractivity (Wildman–Crippen MR) is 125 cm³/mol. The van der Waals surface area contributed by atoms with Gasteiger partial charge in [0.25, 0.3) is 15.9 Å². The summed E-state index contributed by atoms with van der Waals surface area (Å²) in [5.41, 5.74) is 0.748. The lowest BCUT2D eigenvalue weighted by molar-refractivity contribution is -0.121. The van der Waals surface area contributed by atoms with Gasteiger partial charge in [0, 0.05) is 13.1 Å². The number of hydrogen-bond donors (Lipinski definition) is 0. The van der Waals surface area contributed by atoms with Crippen LogP contribution in [0.1, 0.15) is 12.8 Å². The van der Waals surface area contributed by atoms with E-state index in [4.69, 9.17) is 9.47 Å². The van der Waals surface area contributed by atoms with E-state index in [1.165, 1.54) is 15.6 Å². The van der Waals surface area contributed by atoms with Gasteiger partial charge in [-0.2, -0.15) is 9.30 Å². The molecule has 0 N–H and O–H groups in total. The van der Waals surface area contributed by atoms with Crippen LogP contribution in [0.4, 0.5) is 0 Å². The molecule has 8 nitrogen and oxygen atoms in total. The third-order valence-electron chi connectivity index (χ3n) is 5.26. The van der Waals surface area contributed by atoms with Gasteiger partial charge in [-0.1, -0.05) is 23.5 Å². The summed E-state index contributed by atoms with van der Waals surface area (Å²) in [7, 11) is -0.586. The first kappa shape index (κ1) is 22.7. The van der Waals surface area contributed by atoms with E-state index in [2.05, 4.69) is 11.6 Å². The smallest absolute Gasteiger partial charge is 0.266 e. The van der Waals surface area contributed by atoms with Crippen LogP contribution in [0.3, 0.4) is 0 Å². The number of benzene rings is 1. The zero-order valence-electron chi connectivity index (χ0n) is 17.7. The number of methoxy groups -OCH3 is 2. The minimum Gasteiger partial charge on any atom is -0.495 e. The molecule has 11 heteroatoms. The summed E-state index contributed by atoms with van der Waals surface area (Å²) in [6, 6.07) is 6.01. The van der Waals surface area contributed by atoms with Crippen molar-refractivity contribution in [2.24, 2.45) is 4.99 Å². The van der Waals surface area contributed by atoms with Crippen molar-refractivity contribution in [3.63, 3.8) is 0 Å². The number of carbonyl (C=O) groups excluding carboxylic acids is 1. The molecule has 1 aromatic carbocycles. The van der Waals surface area contributed by atoms with E-state index in [1.54, 1.807) is 49.9 Å². The molecule has 0 radical (unpaired) electrons. The summed E-state index contributed by atoms with van der Waals surface area (Å²) in [5.74, 6) is 0.778. The van der Waals surface area contributed by atoms with Gasteiger partial charge in [-0.05, 0) is 36.4 Å². The summed E-state index contributed by atoms with van der Waals surface area (Å²) in [6.45, 7) is 4.51. The highest BCUT2D eigenvalue weighted by atomic mass is 32.2. The first-order valence-electron chi connectivity index (χ1n) is 9.91. The molecule has 3 heterocycles. The number of sulfonamides is 1. The first-order chi connectivity index (χ1) is 15.4. The summed E-state index contributed by atoms with van der Waals surface area (Å²) in [5, 5.41) is 1.71. The molecule has 1 aliphatic rings. The van der Waals surface area contributed by atoms with Gasteiger partial charge in [-0.25, -0.2) is 8.42 Å². The van der Waals surface area contributed by atoms with E-state index in [0.29, 0.717) is 42.2 Å². The fraction of sp³-hybridized carbons (Fsp3) is 0.333. The Morgan fingerprint density at radius 1 is 1.28 bits per heavy atom. The van der Waals surface area contributed by atoms with Crippen molar-refractivity contribution >= 4 is 48.8 Å². The summed E-state index contributed by atoms with van der Waals surface area (Å²) in [6.07, 6.45) is 2.75. The normalized spacial score (nSPS) is 17.7. The van der Waals surface area contributed by atoms with Gasteiger partial charge in [0.15, 0.2) is 4.80 Å². The van der Waals surface area contributed by atoms with E-state index in [9.17, 15) is 13.2 Å². The summed E-state index contributed by atoms with van der Waals surface area (Å²) >= 11 is 2.44. The Bertz CT molecular complexity index is 1320. The SMILES string of the molecule is C=CCn1c(=NC(=O)C2CCCN2S(=O)(=O)c2cccs2)sc2c(OC)ccc(OC)c21. The third kappa shape index (κ3) is 3.90. The third-order valence-corrected chi connectivity index (χ3v) is 9.63.